The second-order valence-electron chi connectivity index (χ2n) is 5.67. The van der Waals surface area contributed by atoms with Gasteiger partial charge in [0, 0.05) is 6.54 Å². The van der Waals surface area contributed by atoms with Gasteiger partial charge in [0.25, 0.3) is 5.91 Å². The molecule has 1 aromatic heterocycles. The topological polar surface area (TPSA) is 84.7 Å². The van der Waals surface area contributed by atoms with E-state index < -0.39 is 0 Å². The third-order valence-corrected chi connectivity index (χ3v) is 3.74. The van der Waals surface area contributed by atoms with E-state index in [0.29, 0.717) is 35.0 Å². The molecule has 1 heterocycles. The number of hydrogen-bond acceptors (Lipinski definition) is 5. The Morgan fingerprint density at radius 2 is 2.00 bits per heavy atom. The molecule has 2 rings (SSSR count). The van der Waals surface area contributed by atoms with Crippen LogP contribution in [-0.4, -0.2) is 42.1 Å². The molecule has 2 aromatic rings. The van der Waals surface area contributed by atoms with Crippen LogP contribution in [0.3, 0.4) is 0 Å². The summed E-state index contributed by atoms with van der Waals surface area (Å²) in [6.45, 7) is 5.75. The predicted molar refractivity (Wildman–Crippen MR) is 93.8 cm³/mol. The molecule has 0 atom stereocenters. The maximum Gasteiger partial charge on any atom is 0.259 e. The molecular weight excluding hydrogens is 322 g/mol. The molecule has 2 amide bonds. The molecule has 0 aliphatic carbocycles. The monoisotopic (exact) mass is 345 g/mol. The number of hydrogen-bond donors (Lipinski definition) is 1. The average molecular weight is 345 g/mol. The lowest BCUT2D eigenvalue weighted by Gasteiger charge is -2.21. The average Bonchev–Trinajstić information content (AvgIpc) is 2.93. The lowest BCUT2D eigenvalue weighted by atomic mass is 10.1. The van der Waals surface area contributed by atoms with Gasteiger partial charge in [-0.15, -0.1) is 0 Å². The zero-order valence-electron chi connectivity index (χ0n) is 15.0. The summed E-state index contributed by atoms with van der Waals surface area (Å²) in [5, 5.41) is 6.59. The van der Waals surface area contributed by atoms with Crippen molar-refractivity contribution in [3.63, 3.8) is 0 Å². The molecule has 0 unspecified atom stereocenters. The smallest absolute Gasteiger partial charge is 0.259 e. The molecule has 0 aliphatic rings. The first kappa shape index (κ1) is 18.5. The van der Waals surface area contributed by atoms with E-state index in [9.17, 15) is 9.59 Å². The highest BCUT2D eigenvalue weighted by Crippen LogP contribution is 2.23. The first-order valence-electron chi connectivity index (χ1n) is 8.12. The lowest BCUT2D eigenvalue weighted by Crippen LogP contribution is -2.39. The van der Waals surface area contributed by atoms with Gasteiger partial charge in [0.1, 0.15) is 23.6 Å². The van der Waals surface area contributed by atoms with Crippen molar-refractivity contribution in [1.82, 2.24) is 10.1 Å². The van der Waals surface area contributed by atoms with Crippen molar-refractivity contribution in [2.24, 2.45) is 0 Å². The van der Waals surface area contributed by atoms with E-state index in [1.165, 1.54) is 12.0 Å². The molecule has 7 heteroatoms. The summed E-state index contributed by atoms with van der Waals surface area (Å²) < 4.78 is 10.3. The number of carbonyl (C=O) groups is 2. The SMILES string of the molecule is CCCN(CC(=O)Nc1ccccc1OC)C(=O)c1c(C)noc1C. The van der Waals surface area contributed by atoms with Gasteiger partial charge >= 0.3 is 0 Å². The summed E-state index contributed by atoms with van der Waals surface area (Å²) in [6.07, 6.45) is 0.733. The number of aryl methyl sites for hydroxylation is 2. The number of anilines is 1. The Balaban J connectivity index is 2.13. The van der Waals surface area contributed by atoms with Crippen molar-refractivity contribution in [3.8, 4) is 5.75 Å². The molecule has 0 bridgehead atoms. The zero-order chi connectivity index (χ0) is 18.4. The summed E-state index contributed by atoms with van der Waals surface area (Å²) in [6, 6.07) is 7.13. The van der Waals surface area contributed by atoms with Gasteiger partial charge in [0.05, 0.1) is 18.5 Å². The van der Waals surface area contributed by atoms with E-state index in [1.807, 2.05) is 13.0 Å². The molecule has 0 saturated heterocycles. The summed E-state index contributed by atoms with van der Waals surface area (Å²) >= 11 is 0. The van der Waals surface area contributed by atoms with E-state index in [0.717, 1.165) is 6.42 Å². The standard InChI is InChI=1S/C18H23N3O4/c1-5-10-21(18(23)17-12(2)20-25-13(17)3)11-16(22)19-14-8-6-7-9-15(14)24-4/h6-9H,5,10-11H2,1-4H3,(H,19,22). The molecule has 0 radical (unpaired) electrons. The Kier molecular flexibility index (Phi) is 6.16. The molecule has 7 nitrogen and oxygen atoms in total. The highest BCUT2D eigenvalue weighted by molar-refractivity contribution is 6.00. The van der Waals surface area contributed by atoms with Crippen LogP contribution in [0.4, 0.5) is 5.69 Å². The normalized spacial score (nSPS) is 10.4. The van der Waals surface area contributed by atoms with Crippen LogP contribution in [0.1, 0.15) is 35.2 Å². The fraction of sp³-hybridized carbons (Fsp3) is 0.389. The fourth-order valence-electron chi connectivity index (χ4n) is 2.58. The highest BCUT2D eigenvalue weighted by Gasteiger charge is 2.24. The van der Waals surface area contributed by atoms with Crippen LogP contribution in [0.25, 0.3) is 0 Å². The molecule has 1 N–H and O–H groups in total. The summed E-state index contributed by atoms with van der Waals surface area (Å²) in [5.74, 6) is 0.468. The van der Waals surface area contributed by atoms with Gasteiger partial charge in [0.2, 0.25) is 5.91 Å². The van der Waals surface area contributed by atoms with E-state index in [1.54, 1.807) is 32.0 Å². The number of nitrogens with zero attached hydrogens (tertiary/aromatic N) is 2. The van der Waals surface area contributed by atoms with Gasteiger partial charge in [-0.2, -0.15) is 0 Å². The second-order valence-corrected chi connectivity index (χ2v) is 5.67. The number of methoxy groups -OCH3 is 1. The summed E-state index contributed by atoms with van der Waals surface area (Å²) in [4.78, 5) is 26.7. The number of carbonyl (C=O) groups excluding carboxylic acids is 2. The van der Waals surface area contributed by atoms with Crippen LogP contribution >= 0.6 is 0 Å². The predicted octanol–water partition coefficient (Wildman–Crippen LogP) is 2.79. The van der Waals surface area contributed by atoms with Crippen molar-refractivity contribution in [2.45, 2.75) is 27.2 Å². The van der Waals surface area contributed by atoms with Crippen LogP contribution in [0, 0.1) is 13.8 Å². The quantitative estimate of drug-likeness (QED) is 0.834. The van der Waals surface area contributed by atoms with Crippen LogP contribution in [0.2, 0.25) is 0 Å². The third-order valence-electron chi connectivity index (χ3n) is 3.74. The Morgan fingerprint density at radius 3 is 2.60 bits per heavy atom. The number of rotatable bonds is 7. The molecule has 0 spiro atoms. The van der Waals surface area contributed by atoms with Gasteiger partial charge in [0.15, 0.2) is 0 Å². The van der Waals surface area contributed by atoms with Gasteiger partial charge < -0.3 is 19.5 Å². The largest absolute Gasteiger partial charge is 0.495 e. The molecule has 1 aromatic carbocycles. The van der Waals surface area contributed by atoms with Crippen molar-refractivity contribution < 1.29 is 18.8 Å². The Hall–Kier alpha value is -2.83. The van der Waals surface area contributed by atoms with Gasteiger partial charge in [-0.05, 0) is 32.4 Å². The molecule has 134 valence electrons. The first-order valence-corrected chi connectivity index (χ1v) is 8.12. The molecular formula is C18H23N3O4. The summed E-state index contributed by atoms with van der Waals surface area (Å²) in [5.41, 5.74) is 1.50. The number of amides is 2. The third kappa shape index (κ3) is 4.37. The van der Waals surface area contributed by atoms with Crippen LogP contribution in [0.15, 0.2) is 28.8 Å². The maximum atomic E-state index is 12.8. The Labute approximate surface area is 146 Å². The number of ether oxygens (including phenoxy) is 1. The minimum absolute atomic E-state index is 0.0607. The summed E-state index contributed by atoms with van der Waals surface area (Å²) in [7, 11) is 1.54. The number of aromatic nitrogens is 1. The van der Waals surface area contributed by atoms with Crippen LogP contribution in [0.5, 0.6) is 5.75 Å². The van der Waals surface area contributed by atoms with Gasteiger partial charge in [-0.25, -0.2) is 0 Å². The molecule has 0 saturated carbocycles. The minimum Gasteiger partial charge on any atom is -0.495 e. The molecule has 0 fully saturated rings. The van der Waals surface area contributed by atoms with Crippen LogP contribution in [-0.2, 0) is 4.79 Å². The molecule has 25 heavy (non-hydrogen) atoms. The molecule has 0 aliphatic heterocycles. The maximum absolute atomic E-state index is 12.8. The lowest BCUT2D eigenvalue weighted by molar-refractivity contribution is -0.116. The highest BCUT2D eigenvalue weighted by atomic mass is 16.5. The first-order chi connectivity index (χ1) is 12.0. The van der Waals surface area contributed by atoms with Gasteiger partial charge in [-0.1, -0.05) is 24.2 Å². The number of para-hydroxylation sites is 2. The Bertz CT molecular complexity index is 735. The van der Waals surface area contributed by atoms with Gasteiger partial charge in [-0.3, -0.25) is 9.59 Å². The fourth-order valence-corrected chi connectivity index (χ4v) is 2.58. The number of benzene rings is 1. The second kappa shape index (κ2) is 8.32. The van der Waals surface area contributed by atoms with Crippen molar-refractivity contribution in [2.75, 3.05) is 25.5 Å². The van der Waals surface area contributed by atoms with E-state index in [2.05, 4.69) is 10.5 Å². The van der Waals surface area contributed by atoms with Crippen molar-refractivity contribution in [3.05, 3.63) is 41.3 Å². The Morgan fingerprint density at radius 1 is 1.28 bits per heavy atom. The minimum atomic E-state index is -0.293. The van der Waals surface area contributed by atoms with E-state index in [4.69, 9.17) is 9.26 Å². The van der Waals surface area contributed by atoms with E-state index in [-0.39, 0.29) is 18.4 Å². The van der Waals surface area contributed by atoms with E-state index >= 15 is 0 Å². The zero-order valence-corrected chi connectivity index (χ0v) is 15.0. The van der Waals surface area contributed by atoms with Crippen LogP contribution < -0.4 is 10.1 Å². The number of nitrogens with one attached hydrogen (secondary N) is 1. The van der Waals surface area contributed by atoms with Crippen molar-refractivity contribution >= 4 is 17.5 Å². The van der Waals surface area contributed by atoms with Crippen molar-refractivity contribution in [1.29, 1.82) is 0 Å².